The van der Waals surface area contributed by atoms with E-state index in [0.29, 0.717) is 28.7 Å². The molecule has 0 aliphatic carbocycles. The van der Waals surface area contributed by atoms with Crippen LogP contribution in [-0.2, 0) is 0 Å². The summed E-state index contributed by atoms with van der Waals surface area (Å²) in [5.41, 5.74) is 2.44. The number of rotatable bonds is 4. The second-order valence-electron chi connectivity index (χ2n) is 8.40. The van der Waals surface area contributed by atoms with Crippen molar-refractivity contribution in [3.8, 4) is 0 Å². The lowest BCUT2D eigenvalue weighted by molar-refractivity contribution is -0.385. The summed E-state index contributed by atoms with van der Waals surface area (Å²) in [6, 6.07) is 9.63. The van der Waals surface area contributed by atoms with E-state index in [2.05, 4.69) is 19.2 Å². The van der Waals surface area contributed by atoms with Gasteiger partial charge in [0.2, 0.25) is 0 Å². The van der Waals surface area contributed by atoms with Crippen LogP contribution in [0, 0.1) is 35.8 Å². The third-order valence-corrected chi connectivity index (χ3v) is 5.56. The minimum atomic E-state index is -0.503. The van der Waals surface area contributed by atoms with Crippen molar-refractivity contribution in [1.29, 1.82) is 0 Å². The quantitative estimate of drug-likeness (QED) is 0.591. The molecule has 2 atom stereocenters. The first kappa shape index (κ1) is 21.5. The van der Waals surface area contributed by atoms with Gasteiger partial charge < -0.3 is 10.2 Å². The maximum atomic E-state index is 13.0. The number of hydrogen-bond acceptors (Lipinski definition) is 4. The number of nitrogens with zero attached hydrogens (tertiary/aromatic N) is 2. The lowest BCUT2D eigenvalue weighted by Crippen LogP contribution is -2.42. The molecule has 0 saturated carbocycles. The normalized spacial score (nSPS) is 18.7. The summed E-state index contributed by atoms with van der Waals surface area (Å²) in [7, 11) is 0. The number of hydrogen-bond donors (Lipinski definition) is 1. The smallest absolute Gasteiger partial charge is 0.273 e. The second-order valence-corrected chi connectivity index (χ2v) is 8.40. The third-order valence-electron chi connectivity index (χ3n) is 5.56. The highest BCUT2D eigenvalue weighted by Crippen LogP contribution is 2.25. The van der Waals surface area contributed by atoms with Gasteiger partial charge in [-0.1, -0.05) is 26.0 Å². The van der Waals surface area contributed by atoms with Crippen molar-refractivity contribution in [3.05, 3.63) is 68.8 Å². The van der Waals surface area contributed by atoms with Crippen molar-refractivity contribution in [2.24, 2.45) is 11.8 Å². The van der Waals surface area contributed by atoms with Crippen molar-refractivity contribution in [2.75, 3.05) is 18.4 Å². The van der Waals surface area contributed by atoms with Crippen LogP contribution in [0.3, 0.4) is 0 Å². The number of carbonyl (C=O) groups is 2. The molecule has 2 unspecified atom stereocenters. The summed E-state index contributed by atoms with van der Waals surface area (Å²) < 4.78 is 0. The highest BCUT2D eigenvalue weighted by Gasteiger charge is 2.26. The van der Waals surface area contributed by atoms with E-state index >= 15 is 0 Å². The van der Waals surface area contributed by atoms with Crippen LogP contribution >= 0.6 is 0 Å². The van der Waals surface area contributed by atoms with Gasteiger partial charge in [0.15, 0.2) is 0 Å². The maximum absolute atomic E-state index is 13.0. The lowest BCUT2D eigenvalue weighted by Gasteiger charge is -2.35. The fourth-order valence-corrected chi connectivity index (χ4v) is 4.04. The van der Waals surface area contributed by atoms with Crippen LogP contribution in [0.5, 0.6) is 0 Å². The number of carbonyl (C=O) groups excluding carboxylic acids is 2. The summed E-state index contributed by atoms with van der Waals surface area (Å²) in [6.45, 7) is 9.22. The van der Waals surface area contributed by atoms with Crippen LogP contribution in [0.25, 0.3) is 0 Å². The van der Waals surface area contributed by atoms with Crippen molar-refractivity contribution in [2.45, 2.75) is 34.1 Å². The molecule has 1 aliphatic rings. The van der Waals surface area contributed by atoms with Crippen molar-refractivity contribution < 1.29 is 14.5 Å². The minimum Gasteiger partial charge on any atom is -0.338 e. The average Bonchev–Trinajstić information content (AvgIpc) is 2.68. The van der Waals surface area contributed by atoms with Gasteiger partial charge >= 0.3 is 0 Å². The number of likely N-dealkylation sites (tertiary alicyclic amines) is 1. The van der Waals surface area contributed by atoms with E-state index in [9.17, 15) is 19.7 Å². The van der Waals surface area contributed by atoms with Gasteiger partial charge in [0.25, 0.3) is 17.5 Å². The lowest BCUT2D eigenvalue weighted by atomic mass is 9.91. The molecule has 1 N–H and O–H groups in total. The van der Waals surface area contributed by atoms with Crippen molar-refractivity contribution in [1.82, 2.24) is 4.90 Å². The summed E-state index contributed by atoms with van der Waals surface area (Å²) >= 11 is 0. The monoisotopic (exact) mass is 409 g/mol. The van der Waals surface area contributed by atoms with E-state index in [4.69, 9.17) is 0 Å². The van der Waals surface area contributed by atoms with Gasteiger partial charge in [-0.3, -0.25) is 19.7 Å². The van der Waals surface area contributed by atoms with Crippen LogP contribution in [0.15, 0.2) is 36.4 Å². The van der Waals surface area contributed by atoms with Crippen LogP contribution in [0.1, 0.15) is 52.1 Å². The summed E-state index contributed by atoms with van der Waals surface area (Å²) in [4.78, 5) is 38.2. The highest BCUT2D eigenvalue weighted by molar-refractivity contribution is 6.06. The molecule has 2 aromatic rings. The Bertz CT molecular complexity index is 992. The van der Waals surface area contributed by atoms with Gasteiger partial charge in [-0.15, -0.1) is 0 Å². The Morgan fingerprint density at radius 2 is 1.60 bits per heavy atom. The molecule has 2 amide bonds. The number of nitro benzene ring substituents is 1. The Morgan fingerprint density at radius 1 is 1.00 bits per heavy atom. The molecule has 1 aliphatic heterocycles. The van der Waals surface area contributed by atoms with Gasteiger partial charge in [0, 0.05) is 41.5 Å². The van der Waals surface area contributed by atoms with Gasteiger partial charge in [0.1, 0.15) is 0 Å². The second kappa shape index (κ2) is 8.65. The number of nitro groups is 1. The molecular formula is C23H27N3O4. The molecule has 30 heavy (non-hydrogen) atoms. The SMILES string of the molecule is Cc1ccc(C(=O)N2CC(C)CC(C)C2)cc1NC(=O)c1ccc(C)c([N+](=O)[O-])c1. The van der Waals surface area contributed by atoms with E-state index in [1.165, 1.54) is 6.07 Å². The van der Waals surface area contributed by atoms with E-state index in [-0.39, 0.29) is 17.2 Å². The molecule has 0 aromatic heterocycles. The van der Waals surface area contributed by atoms with E-state index < -0.39 is 10.8 Å². The molecule has 7 nitrogen and oxygen atoms in total. The van der Waals surface area contributed by atoms with E-state index in [0.717, 1.165) is 25.1 Å². The standard InChI is InChI=1S/C23H27N3O4/c1-14-9-15(2)13-25(12-14)23(28)19-8-5-16(3)20(10-19)24-22(27)18-7-6-17(4)21(11-18)26(29)30/h5-8,10-11,14-15H,9,12-13H2,1-4H3,(H,24,27). The van der Waals surface area contributed by atoms with Crippen molar-refractivity contribution >= 4 is 23.2 Å². The molecule has 0 radical (unpaired) electrons. The molecule has 1 saturated heterocycles. The van der Waals surface area contributed by atoms with Crippen LogP contribution in [0.2, 0.25) is 0 Å². The summed E-state index contributed by atoms with van der Waals surface area (Å²) in [5, 5.41) is 14.0. The fraction of sp³-hybridized carbons (Fsp3) is 0.391. The topological polar surface area (TPSA) is 92.6 Å². The Labute approximate surface area is 176 Å². The van der Waals surface area contributed by atoms with Gasteiger partial charge in [-0.2, -0.15) is 0 Å². The third kappa shape index (κ3) is 4.67. The molecule has 0 bridgehead atoms. The summed E-state index contributed by atoms with van der Waals surface area (Å²) in [5.74, 6) is 0.417. The van der Waals surface area contributed by atoms with Crippen LogP contribution < -0.4 is 5.32 Å². The Balaban J connectivity index is 1.82. The largest absolute Gasteiger partial charge is 0.338 e. The number of piperidine rings is 1. The molecule has 3 rings (SSSR count). The van der Waals surface area contributed by atoms with Gasteiger partial charge in [-0.05, 0) is 55.9 Å². The molecule has 0 spiro atoms. The first-order valence-electron chi connectivity index (χ1n) is 10.1. The maximum Gasteiger partial charge on any atom is 0.273 e. The predicted molar refractivity (Wildman–Crippen MR) is 116 cm³/mol. The summed E-state index contributed by atoms with van der Waals surface area (Å²) in [6.07, 6.45) is 1.11. The minimum absolute atomic E-state index is 0.0464. The number of aryl methyl sites for hydroxylation is 2. The van der Waals surface area contributed by atoms with E-state index in [1.807, 2.05) is 11.8 Å². The van der Waals surface area contributed by atoms with Gasteiger partial charge in [-0.25, -0.2) is 0 Å². The number of amides is 2. The van der Waals surface area contributed by atoms with Crippen molar-refractivity contribution in [3.63, 3.8) is 0 Å². The Hall–Kier alpha value is -3.22. The van der Waals surface area contributed by atoms with Gasteiger partial charge in [0.05, 0.1) is 4.92 Å². The van der Waals surface area contributed by atoms with Crippen LogP contribution in [-0.4, -0.2) is 34.7 Å². The average molecular weight is 409 g/mol. The van der Waals surface area contributed by atoms with E-state index in [1.54, 1.807) is 37.3 Å². The zero-order chi connectivity index (χ0) is 22.0. The Morgan fingerprint density at radius 3 is 2.23 bits per heavy atom. The zero-order valence-corrected chi connectivity index (χ0v) is 17.8. The number of nitrogens with one attached hydrogen (secondary N) is 1. The molecule has 2 aromatic carbocycles. The molecular weight excluding hydrogens is 382 g/mol. The zero-order valence-electron chi connectivity index (χ0n) is 17.8. The first-order chi connectivity index (χ1) is 14.2. The molecule has 7 heteroatoms. The molecule has 158 valence electrons. The molecule has 1 fully saturated rings. The fourth-order valence-electron chi connectivity index (χ4n) is 4.04. The molecule has 1 heterocycles. The number of benzene rings is 2. The predicted octanol–water partition coefficient (Wildman–Crippen LogP) is 4.58. The highest BCUT2D eigenvalue weighted by atomic mass is 16.6. The number of anilines is 1. The Kier molecular flexibility index (Phi) is 6.20. The first-order valence-corrected chi connectivity index (χ1v) is 10.1. The van der Waals surface area contributed by atoms with Crippen LogP contribution in [0.4, 0.5) is 11.4 Å².